The monoisotopic (exact) mass is 426 g/mol. The molecule has 0 saturated heterocycles. The van der Waals surface area contributed by atoms with Crippen molar-refractivity contribution in [2.75, 3.05) is 7.11 Å². The predicted molar refractivity (Wildman–Crippen MR) is 107 cm³/mol. The van der Waals surface area contributed by atoms with Crippen molar-refractivity contribution < 1.29 is 9.53 Å². The van der Waals surface area contributed by atoms with Crippen LogP contribution in [0.2, 0.25) is 0 Å². The second-order valence-electron chi connectivity index (χ2n) is 5.85. The van der Waals surface area contributed by atoms with Gasteiger partial charge in [-0.05, 0) is 35.4 Å². The molecule has 0 bridgehead atoms. The lowest BCUT2D eigenvalue weighted by molar-refractivity contribution is -0.116. The topological polar surface area (TPSA) is 69.0 Å². The SMILES string of the molecule is COc1ccc(Br)cc1/C=C/C(=O)NCc1ccc(Cn2cncn2)cc1. The van der Waals surface area contributed by atoms with E-state index >= 15 is 0 Å². The largest absolute Gasteiger partial charge is 0.496 e. The van der Waals surface area contributed by atoms with Crippen LogP contribution in [0.1, 0.15) is 16.7 Å². The maximum atomic E-state index is 12.1. The van der Waals surface area contributed by atoms with E-state index in [-0.39, 0.29) is 5.91 Å². The molecule has 1 aromatic heterocycles. The van der Waals surface area contributed by atoms with E-state index in [1.54, 1.807) is 24.2 Å². The highest BCUT2D eigenvalue weighted by atomic mass is 79.9. The van der Waals surface area contributed by atoms with Crippen LogP contribution in [0, 0.1) is 0 Å². The maximum absolute atomic E-state index is 12.1. The number of carbonyl (C=O) groups is 1. The molecule has 1 N–H and O–H groups in total. The third kappa shape index (κ3) is 5.52. The number of aromatic nitrogens is 3. The summed E-state index contributed by atoms with van der Waals surface area (Å²) in [6, 6.07) is 13.7. The smallest absolute Gasteiger partial charge is 0.244 e. The zero-order valence-electron chi connectivity index (χ0n) is 14.8. The van der Waals surface area contributed by atoms with Crippen molar-refractivity contribution in [1.29, 1.82) is 0 Å². The Morgan fingerprint density at radius 2 is 2.00 bits per heavy atom. The Labute approximate surface area is 166 Å². The molecular formula is C20H19BrN4O2. The van der Waals surface area contributed by atoms with Crippen LogP contribution in [0.25, 0.3) is 6.08 Å². The summed E-state index contributed by atoms with van der Waals surface area (Å²) in [6.07, 6.45) is 6.44. The number of amides is 1. The number of ether oxygens (including phenoxy) is 1. The third-order valence-electron chi connectivity index (χ3n) is 3.91. The van der Waals surface area contributed by atoms with Gasteiger partial charge < -0.3 is 10.1 Å². The average molecular weight is 427 g/mol. The van der Waals surface area contributed by atoms with Crippen molar-refractivity contribution in [2.24, 2.45) is 0 Å². The van der Waals surface area contributed by atoms with Crippen molar-refractivity contribution in [3.63, 3.8) is 0 Å². The van der Waals surface area contributed by atoms with Crippen LogP contribution in [0.15, 0.2) is 65.7 Å². The van der Waals surface area contributed by atoms with Gasteiger partial charge in [-0.15, -0.1) is 0 Å². The predicted octanol–water partition coefficient (Wildman–Crippen LogP) is 3.43. The molecule has 0 aliphatic heterocycles. The van der Waals surface area contributed by atoms with Gasteiger partial charge >= 0.3 is 0 Å². The minimum absolute atomic E-state index is 0.163. The van der Waals surface area contributed by atoms with Crippen molar-refractivity contribution >= 4 is 27.9 Å². The van der Waals surface area contributed by atoms with Crippen molar-refractivity contribution in [2.45, 2.75) is 13.1 Å². The first-order valence-electron chi connectivity index (χ1n) is 8.34. The van der Waals surface area contributed by atoms with Gasteiger partial charge in [0.05, 0.1) is 13.7 Å². The van der Waals surface area contributed by atoms with E-state index in [9.17, 15) is 4.79 Å². The molecule has 0 aliphatic carbocycles. The van der Waals surface area contributed by atoms with E-state index in [1.165, 1.54) is 12.4 Å². The zero-order chi connectivity index (χ0) is 19.1. The molecule has 3 rings (SSSR count). The number of hydrogen-bond donors (Lipinski definition) is 1. The number of benzene rings is 2. The number of nitrogens with zero attached hydrogens (tertiary/aromatic N) is 3. The fraction of sp³-hybridized carbons (Fsp3) is 0.150. The molecule has 6 nitrogen and oxygen atoms in total. The first-order valence-corrected chi connectivity index (χ1v) is 9.13. The van der Waals surface area contributed by atoms with Gasteiger partial charge in [-0.25, -0.2) is 9.67 Å². The van der Waals surface area contributed by atoms with Crippen LogP contribution in [0.5, 0.6) is 5.75 Å². The van der Waals surface area contributed by atoms with Crippen LogP contribution < -0.4 is 10.1 Å². The summed E-state index contributed by atoms with van der Waals surface area (Å²) < 4.78 is 7.98. The van der Waals surface area contributed by atoms with E-state index in [1.807, 2.05) is 42.5 Å². The Hall–Kier alpha value is -2.93. The fourth-order valence-corrected chi connectivity index (χ4v) is 2.89. The van der Waals surface area contributed by atoms with Crippen LogP contribution in [0.3, 0.4) is 0 Å². The minimum atomic E-state index is -0.163. The highest BCUT2D eigenvalue weighted by molar-refractivity contribution is 9.10. The van der Waals surface area contributed by atoms with Crippen LogP contribution in [0.4, 0.5) is 0 Å². The van der Waals surface area contributed by atoms with Crippen molar-refractivity contribution in [3.8, 4) is 5.75 Å². The molecule has 0 unspecified atom stereocenters. The van der Waals surface area contributed by atoms with Gasteiger partial charge in [-0.1, -0.05) is 40.2 Å². The summed E-state index contributed by atoms with van der Waals surface area (Å²) in [6.45, 7) is 1.13. The second-order valence-corrected chi connectivity index (χ2v) is 6.76. The van der Waals surface area contributed by atoms with Crippen LogP contribution >= 0.6 is 15.9 Å². The number of carbonyl (C=O) groups excluding carboxylic acids is 1. The van der Waals surface area contributed by atoms with Gasteiger partial charge in [0.15, 0.2) is 0 Å². The number of halogens is 1. The number of rotatable bonds is 7. The highest BCUT2D eigenvalue weighted by Gasteiger charge is 2.02. The van der Waals surface area contributed by atoms with Gasteiger partial charge in [0, 0.05) is 22.7 Å². The Kier molecular flexibility index (Phi) is 6.38. The molecular weight excluding hydrogens is 408 g/mol. The first kappa shape index (κ1) is 18.8. The summed E-state index contributed by atoms with van der Waals surface area (Å²) in [4.78, 5) is 16.0. The van der Waals surface area contributed by atoms with Gasteiger partial charge in [0.2, 0.25) is 5.91 Å². The molecule has 3 aromatic rings. The second kappa shape index (κ2) is 9.14. The molecule has 2 aromatic carbocycles. The first-order chi connectivity index (χ1) is 13.1. The van der Waals surface area contributed by atoms with E-state index < -0.39 is 0 Å². The van der Waals surface area contributed by atoms with Crippen LogP contribution in [-0.2, 0) is 17.9 Å². The molecule has 138 valence electrons. The lowest BCUT2D eigenvalue weighted by atomic mass is 10.1. The molecule has 1 heterocycles. The molecule has 0 saturated carbocycles. The fourth-order valence-electron chi connectivity index (χ4n) is 2.51. The Balaban J connectivity index is 1.54. The molecule has 0 fully saturated rings. The standard InChI is InChI=1S/C20H19BrN4O2/c1-27-19-8-7-18(21)10-17(19)6-9-20(26)23-11-15-2-4-16(5-3-15)12-25-14-22-13-24-25/h2-10,13-14H,11-12H2,1H3,(H,23,26)/b9-6+. The average Bonchev–Trinajstić information content (AvgIpc) is 3.19. The minimum Gasteiger partial charge on any atom is -0.496 e. The summed E-state index contributed by atoms with van der Waals surface area (Å²) in [5.41, 5.74) is 2.98. The van der Waals surface area contributed by atoms with Crippen molar-refractivity contribution in [1.82, 2.24) is 20.1 Å². The summed E-state index contributed by atoms with van der Waals surface area (Å²) in [7, 11) is 1.60. The number of nitrogens with one attached hydrogen (secondary N) is 1. The van der Waals surface area contributed by atoms with Crippen molar-refractivity contribution in [3.05, 3.63) is 82.4 Å². The number of hydrogen-bond acceptors (Lipinski definition) is 4. The summed E-state index contributed by atoms with van der Waals surface area (Å²) in [5, 5.41) is 6.97. The summed E-state index contributed by atoms with van der Waals surface area (Å²) in [5.74, 6) is 0.550. The molecule has 0 atom stereocenters. The molecule has 0 spiro atoms. The maximum Gasteiger partial charge on any atom is 0.244 e. The van der Waals surface area contributed by atoms with Crippen LogP contribution in [-0.4, -0.2) is 27.8 Å². The molecule has 7 heteroatoms. The lowest BCUT2D eigenvalue weighted by Gasteiger charge is -2.06. The molecule has 27 heavy (non-hydrogen) atoms. The van der Waals surface area contributed by atoms with Gasteiger partial charge in [-0.2, -0.15) is 5.10 Å². The zero-order valence-corrected chi connectivity index (χ0v) is 16.4. The number of methoxy groups -OCH3 is 1. The Morgan fingerprint density at radius 3 is 2.70 bits per heavy atom. The quantitative estimate of drug-likeness (QED) is 0.587. The Bertz CT molecular complexity index is 922. The normalized spacial score (nSPS) is 10.9. The van der Waals surface area contributed by atoms with Gasteiger partial charge in [-0.3, -0.25) is 4.79 Å². The lowest BCUT2D eigenvalue weighted by Crippen LogP contribution is -2.20. The molecule has 0 aliphatic rings. The van der Waals surface area contributed by atoms with Gasteiger partial charge in [0.1, 0.15) is 18.4 Å². The van der Waals surface area contributed by atoms with E-state index in [0.717, 1.165) is 21.2 Å². The van der Waals surface area contributed by atoms with E-state index in [4.69, 9.17) is 4.74 Å². The van der Waals surface area contributed by atoms with E-state index in [0.29, 0.717) is 18.8 Å². The van der Waals surface area contributed by atoms with E-state index in [2.05, 4.69) is 31.3 Å². The van der Waals surface area contributed by atoms with Gasteiger partial charge in [0.25, 0.3) is 0 Å². The molecule has 0 radical (unpaired) electrons. The Morgan fingerprint density at radius 1 is 1.22 bits per heavy atom. The highest BCUT2D eigenvalue weighted by Crippen LogP contribution is 2.24. The molecule has 1 amide bonds. The third-order valence-corrected chi connectivity index (χ3v) is 4.40. The summed E-state index contributed by atoms with van der Waals surface area (Å²) >= 11 is 3.42.